The van der Waals surface area contributed by atoms with Crippen molar-refractivity contribution in [2.24, 2.45) is 0 Å². The smallest absolute Gasteiger partial charge is 0.272 e. The van der Waals surface area contributed by atoms with Crippen LogP contribution in [0.15, 0.2) is 47.3 Å². The Labute approximate surface area is 238 Å². The minimum absolute atomic E-state index is 0.00951. The van der Waals surface area contributed by atoms with Gasteiger partial charge >= 0.3 is 0 Å². The van der Waals surface area contributed by atoms with E-state index in [0.717, 1.165) is 25.9 Å². The molecule has 10 nitrogen and oxygen atoms in total. The molecule has 3 heterocycles. The molecule has 2 aromatic carbocycles. The van der Waals surface area contributed by atoms with E-state index >= 15 is 0 Å². The summed E-state index contributed by atoms with van der Waals surface area (Å²) in [6.45, 7) is 5.00. The SMILES string of the molecule is CN(CCOC1CCNCC1)CC(=O)N1CCN(C(=O)c2cc(Cc3n[nH]c(=O)c4ccccc34)ccc2F)CC1. The number of ether oxygens (including phenoxy) is 1. The molecular formula is C30H37FN6O4. The molecule has 0 unspecified atom stereocenters. The summed E-state index contributed by atoms with van der Waals surface area (Å²) in [7, 11) is 1.91. The number of likely N-dealkylation sites (N-methyl/N-ethyl adjacent to an activating group) is 1. The molecule has 3 aromatic rings. The van der Waals surface area contributed by atoms with Crippen LogP contribution >= 0.6 is 0 Å². The Hall–Kier alpha value is -3.67. The van der Waals surface area contributed by atoms with E-state index in [0.29, 0.717) is 67.8 Å². The zero-order valence-corrected chi connectivity index (χ0v) is 23.4. The number of halogens is 1. The number of benzene rings is 2. The minimum atomic E-state index is -0.593. The highest BCUT2D eigenvalue weighted by Gasteiger charge is 2.27. The molecule has 2 saturated heterocycles. The van der Waals surface area contributed by atoms with E-state index in [9.17, 15) is 18.8 Å². The molecule has 218 valence electrons. The highest BCUT2D eigenvalue weighted by Crippen LogP contribution is 2.20. The molecule has 0 atom stereocenters. The van der Waals surface area contributed by atoms with Crippen molar-refractivity contribution in [3.05, 3.63) is 75.5 Å². The monoisotopic (exact) mass is 564 g/mol. The fourth-order valence-corrected chi connectivity index (χ4v) is 5.42. The lowest BCUT2D eigenvalue weighted by Crippen LogP contribution is -2.52. The van der Waals surface area contributed by atoms with Crippen molar-refractivity contribution in [2.45, 2.75) is 25.4 Å². The number of rotatable bonds is 9. The first-order valence-electron chi connectivity index (χ1n) is 14.2. The Morgan fingerprint density at radius 2 is 1.76 bits per heavy atom. The molecule has 2 aliphatic heterocycles. The number of nitrogens with zero attached hydrogens (tertiary/aromatic N) is 4. The summed E-state index contributed by atoms with van der Waals surface area (Å²) >= 11 is 0. The van der Waals surface area contributed by atoms with Gasteiger partial charge < -0.3 is 19.9 Å². The van der Waals surface area contributed by atoms with Gasteiger partial charge in [-0.1, -0.05) is 24.3 Å². The third-order valence-corrected chi connectivity index (χ3v) is 7.85. The molecule has 2 aliphatic rings. The molecule has 0 bridgehead atoms. The van der Waals surface area contributed by atoms with Gasteiger partial charge in [0.25, 0.3) is 11.5 Å². The summed E-state index contributed by atoms with van der Waals surface area (Å²) in [5.74, 6) is -0.983. The molecule has 1 aromatic heterocycles. The second kappa shape index (κ2) is 13.3. The number of aromatic nitrogens is 2. The van der Waals surface area contributed by atoms with E-state index in [1.165, 1.54) is 6.07 Å². The van der Waals surface area contributed by atoms with Crippen LogP contribution in [-0.2, 0) is 16.0 Å². The standard InChI is InChI=1S/C30H37FN6O4/c1-35(16-17-41-22-8-10-32-11-9-22)20-28(38)36-12-14-37(15-13-36)30(40)25-18-21(6-7-26(25)31)19-27-23-4-2-3-5-24(23)29(39)34-33-27/h2-7,18,22,32H,8-17,19-20H2,1H3,(H,34,39). The predicted octanol–water partition coefficient (Wildman–Crippen LogP) is 1.64. The van der Waals surface area contributed by atoms with Gasteiger partial charge in [-0.15, -0.1) is 0 Å². The zero-order valence-electron chi connectivity index (χ0n) is 23.4. The van der Waals surface area contributed by atoms with Crippen LogP contribution in [0.2, 0.25) is 0 Å². The number of H-pyrrole nitrogens is 1. The average Bonchev–Trinajstić information content (AvgIpc) is 3.00. The number of hydrogen-bond donors (Lipinski definition) is 2. The number of piperazine rings is 1. The van der Waals surface area contributed by atoms with E-state index < -0.39 is 11.7 Å². The van der Waals surface area contributed by atoms with Gasteiger partial charge in [-0.2, -0.15) is 5.10 Å². The van der Waals surface area contributed by atoms with Crippen LogP contribution in [0.4, 0.5) is 4.39 Å². The van der Waals surface area contributed by atoms with Crippen LogP contribution in [0.1, 0.15) is 34.5 Å². The van der Waals surface area contributed by atoms with Crippen LogP contribution in [0, 0.1) is 5.82 Å². The number of hydrogen-bond acceptors (Lipinski definition) is 7. The number of carbonyl (C=O) groups excluding carboxylic acids is 2. The zero-order chi connectivity index (χ0) is 28.8. The Kier molecular flexibility index (Phi) is 9.38. The Morgan fingerprint density at radius 3 is 2.51 bits per heavy atom. The molecular weight excluding hydrogens is 527 g/mol. The van der Waals surface area contributed by atoms with Gasteiger partial charge in [-0.05, 0) is 56.7 Å². The fraction of sp³-hybridized carbons (Fsp3) is 0.467. The normalized spacial score (nSPS) is 16.5. The summed E-state index contributed by atoms with van der Waals surface area (Å²) < 4.78 is 20.7. The molecule has 2 amide bonds. The number of aromatic amines is 1. The maximum Gasteiger partial charge on any atom is 0.272 e. The van der Waals surface area contributed by atoms with Crippen LogP contribution < -0.4 is 10.9 Å². The topological polar surface area (TPSA) is 111 Å². The first-order valence-corrected chi connectivity index (χ1v) is 14.2. The Balaban J connectivity index is 1.14. The van der Waals surface area contributed by atoms with E-state index in [1.807, 2.05) is 24.1 Å². The molecule has 0 spiro atoms. The molecule has 2 fully saturated rings. The summed E-state index contributed by atoms with van der Waals surface area (Å²) in [5.41, 5.74) is 1.07. The second-order valence-electron chi connectivity index (χ2n) is 10.8. The quantitative estimate of drug-likeness (QED) is 0.407. The second-order valence-corrected chi connectivity index (χ2v) is 10.8. The average molecular weight is 565 g/mol. The van der Waals surface area contributed by atoms with Gasteiger partial charge in [0.2, 0.25) is 5.91 Å². The summed E-state index contributed by atoms with van der Waals surface area (Å²) in [6, 6.07) is 11.6. The van der Waals surface area contributed by atoms with Gasteiger partial charge in [0.15, 0.2) is 0 Å². The van der Waals surface area contributed by atoms with E-state index in [2.05, 4.69) is 15.5 Å². The Bertz CT molecular complexity index is 1430. The minimum Gasteiger partial charge on any atom is -0.377 e. The lowest BCUT2D eigenvalue weighted by molar-refractivity contribution is -0.133. The third-order valence-electron chi connectivity index (χ3n) is 7.85. The molecule has 41 heavy (non-hydrogen) atoms. The van der Waals surface area contributed by atoms with Crippen LogP contribution in [-0.4, -0.2) is 109 Å². The maximum atomic E-state index is 14.8. The number of piperidine rings is 1. The van der Waals surface area contributed by atoms with Crippen molar-refractivity contribution in [2.75, 3.05) is 66.0 Å². The summed E-state index contributed by atoms with van der Waals surface area (Å²) in [6.07, 6.45) is 2.65. The molecule has 2 N–H and O–H groups in total. The first kappa shape index (κ1) is 28.8. The highest BCUT2D eigenvalue weighted by atomic mass is 19.1. The van der Waals surface area contributed by atoms with Gasteiger partial charge in [0.1, 0.15) is 5.82 Å². The molecule has 0 aliphatic carbocycles. The van der Waals surface area contributed by atoms with Crippen LogP contribution in [0.5, 0.6) is 0 Å². The fourth-order valence-electron chi connectivity index (χ4n) is 5.42. The molecule has 0 radical (unpaired) electrons. The third kappa shape index (κ3) is 7.16. The number of amides is 2. The molecule has 11 heteroatoms. The number of nitrogens with one attached hydrogen (secondary N) is 2. The molecule has 0 saturated carbocycles. The van der Waals surface area contributed by atoms with Gasteiger partial charge in [0.05, 0.1) is 35.9 Å². The van der Waals surface area contributed by atoms with Crippen LogP contribution in [0.25, 0.3) is 10.8 Å². The van der Waals surface area contributed by atoms with Crippen molar-refractivity contribution in [3.8, 4) is 0 Å². The molecule has 5 rings (SSSR count). The summed E-state index contributed by atoms with van der Waals surface area (Å²) in [4.78, 5) is 43.5. The summed E-state index contributed by atoms with van der Waals surface area (Å²) in [5, 5.41) is 11.3. The van der Waals surface area contributed by atoms with Gasteiger partial charge in [-0.3, -0.25) is 19.3 Å². The lowest BCUT2D eigenvalue weighted by Gasteiger charge is -2.35. The first-order chi connectivity index (χ1) is 19.9. The maximum absolute atomic E-state index is 14.8. The van der Waals surface area contributed by atoms with Gasteiger partial charge in [0, 0.05) is 44.5 Å². The predicted molar refractivity (Wildman–Crippen MR) is 153 cm³/mol. The number of fused-ring (bicyclic) bond motifs is 1. The van der Waals surface area contributed by atoms with E-state index in [4.69, 9.17) is 4.74 Å². The van der Waals surface area contributed by atoms with Crippen molar-refractivity contribution in [1.82, 2.24) is 30.2 Å². The highest BCUT2D eigenvalue weighted by molar-refractivity contribution is 5.95. The largest absolute Gasteiger partial charge is 0.377 e. The van der Waals surface area contributed by atoms with E-state index in [1.54, 1.807) is 34.1 Å². The van der Waals surface area contributed by atoms with Gasteiger partial charge in [-0.25, -0.2) is 9.49 Å². The Morgan fingerprint density at radius 1 is 1.05 bits per heavy atom. The van der Waals surface area contributed by atoms with Crippen molar-refractivity contribution >= 4 is 22.6 Å². The lowest BCUT2D eigenvalue weighted by atomic mass is 10.0. The van der Waals surface area contributed by atoms with Crippen molar-refractivity contribution in [3.63, 3.8) is 0 Å². The van der Waals surface area contributed by atoms with Crippen molar-refractivity contribution in [1.29, 1.82) is 0 Å². The van der Waals surface area contributed by atoms with E-state index in [-0.39, 0.29) is 29.7 Å². The van der Waals surface area contributed by atoms with Crippen molar-refractivity contribution < 1.29 is 18.7 Å². The number of carbonyl (C=O) groups is 2. The van der Waals surface area contributed by atoms with Crippen LogP contribution in [0.3, 0.4) is 0 Å².